The first-order valence-corrected chi connectivity index (χ1v) is 25.0. The number of esters is 1. The van der Waals surface area contributed by atoms with Crippen LogP contribution in [0.15, 0.2) is 11.6 Å². The predicted octanol–water partition coefficient (Wildman–Crippen LogP) is 1.000. The average Bonchev–Trinajstić information content (AvgIpc) is 3.60. The van der Waals surface area contributed by atoms with Crippen molar-refractivity contribution < 1.29 is 88.7 Å². The van der Waals surface area contributed by atoms with Gasteiger partial charge in [-0.25, -0.2) is 4.79 Å². The summed E-state index contributed by atoms with van der Waals surface area (Å²) in [6, 6.07) is 0. The van der Waals surface area contributed by atoms with Crippen molar-refractivity contribution in [1.82, 2.24) is 0 Å². The number of fused-ring (bicyclic) bond motifs is 8. The van der Waals surface area contributed by atoms with Gasteiger partial charge in [-0.3, -0.25) is 4.79 Å². The highest BCUT2D eigenvalue weighted by Gasteiger charge is 2.75. The van der Waals surface area contributed by atoms with Crippen LogP contribution in [0.4, 0.5) is 0 Å². The number of aliphatic hydroxyl groups excluding tert-OH is 9. The molecule has 8 fully saturated rings. The summed E-state index contributed by atoms with van der Waals surface area (Å²) in [6.07, 6.45) is -17.2. The summed E-state index contributed by atoms with van der Waals surface area (Å²) in [6.45, 7) is 16.7. The van der Waals surface area contributed by atoms with Crippen molar-refractivity contribution in [2.75, 3.05) is 13.7 Å². The number of Topliss-reactive ketones (excluding diaryl/α,β-unsaturated/α-hetero) is 1. The molecule has 2 bridgehead atoms. The highest BCUT2D eigenvalue weighted by molar-refractivity contribution is 5.90. The molecule has 3 aliphatic heterocycles. The maximum atomic E-state index is 14.3. The zero-order valence-corrected chi connectivity index (χ0v) is 41.0. The third-order valence-corrected chi connectivity index (χ3v) is 20.3. The molecule has 386 valence electrons. The molecule has 9 aliphatic rings. The Bertz CT molecular complexity index is 1960. The van der Waals surface area contributed by atoms with Gasteiger partial charge in [0.1, 0.15) is 66.8 Å². The maximum absolute atomic E-state index is 14.3. The van der Waals surface area contributed by atoms with E-state index in [9.17, 15) is 55.5 Å². The molecule has 0 aromatic rings. The molecule has 0 aromatic heterocycles. The first-order valence-electron chi connectivity index (χ1n) is 25.0. The molecule has 3 saturated heterocycles. The number of allylic oxidation sites excluding steroid dienone is 2. The minimum atomic E-state index is -1.91. The van der Waals surface area contributed by atoms with Crippen LogP contribution in [0.25, 0.3) is 0 Å². The molecule has 5 saturated carbocycles. The van der Waals surface area contributed by atoms with E-state index in [1.807, 2.05) is 0 Å². The van der Waals surface area contributed by atoms with Gasteiger partial charge in [0.2, 0.25) is 0 Å². The summed E-state index contributed by atoms with van der Waals surface area (Å²) in [4.78, 5) is 27.3. The fourth-order valence-electron chi connectivity index (χ4n) is 16.4. The Morgan fingerprint density at radius 2 is 1.37 bits per heavy atom. The lowest BCUT2D eigenvalue weighted by Gasteiger charge is -2.72. The Labute approximate surface area is 398 Å². The number of hydrogen-bond donors (Lipinski definition) is 9. The normalized spacial score (nSPS) is 54.9. The lowest BCUT2D eigenvalue weighted by Crippen LogP contribution is -2.68. The largest absolute Gasteiger partial charge is 0.467 e. The molecule has 3 heterocycles. The second-order valence-electron chi connectivity index (χ2n) is 24.4. The molecule has 18 nitrogen and oxygen atoms in total. The van der Waals surface area contributed by atoms with Gasteiger partial charge in [-0.1, -0.05) is 60.1 Å². The molecule has 25 atom stereocenters. The van der Waals surface area contributed by atoms with E-state index in [1.54, 1.807) is 0 Å². The van der Waals surface area contributed by atoms with Crippen LogP contribution in [0.5, 0.6) is 0 Å². The van der Waals surface area contributed by atoms with Crippen molar-refractivity contribution in [1.29, 1.82) is 0 Å². The minimum Gasteiger partial charge on any atom is -0.467 e. The number of aliphatic hydroxyl groups is 9. The zero-order valence-electron chi connectivity index (χ0n) is 41.0. The number of ketones is 1. The Morgan fingerprint density at radius 1 is 0.721 bits per heavy atom. The van der Waals surface area contributed by atoms with Gasteiger partial charge in [-0.15, -0.1) is 0 Å². The van der Waals surface area contributed by atoms with Gasteiger partial charge < -0.3 is 79.1 Å². The van der Waals surface area contributed by atoms with Crippen LogP contribution in [0, 0.1) is 56.2 Å². The van der Waals surface area contributed by atoms with E-state index in [1.165, 1.54) is 12.5 Å². The molecule has 0 radical (unpaired) electrons. The van der Waals surface area contributed by atoms with Gasteiger partial charge in [0.05, 0.1) is 37.4 Å². The molecule has 9 N–H and O–H groups in total. The molecule has 0 unspecified atom stereocenters. The van der Waals surface area contributed by atoms with Crippen molar-refractivity contribution in [3.8, 4) is 0 Å². The third kappa shape index (κ3) is 7.34. The maximum Gasteiger partial charge on any atom is 0.337 e. The van der Waals surface area contributed by atoms with E-state index in [-0.39, 0.29) is 51.1 Å². The molecule has 68 heavy (non-hydrogen) atoms. The predicted molar refractivity (Wildman–Crippen MR) is 236 cm³/mol. The second-order valence-corrected chi connectivity index (χ2v) is 24.4. The molecule has 6 aliphatic carbocycles. The van der Waals surface area contributed by atoms with Gasteiger partial charge in [-0.05, 0) is 109 Å². The smallest absolute Gasteiger partial charge is 0.337 e. The molecule has 0 amide bonds. The Balaban J connectivity index is 1.000. The van der Waals surface area contributed by atoms with Crippen molar-refractivity contribution in [2.24, 2.45) is 56.2 Å². The van der Waals surface area contributed by atoms with Gasteiger partial charge in [0.25, 0.3) is 0 Å². The van der Waals surface area contributed by atoms with Crippen LogP contribution in [0.2, 0.25) is 0 Å². The van der Waals surface area contributed by atoms with E-state index < -0.39 is 128 Å². The van der Waals surface area contributed by atoms with E-state index in [4.69, 9.17) is 33.2 Å². The van der Waals surface area contributed by atoms with E-state index in [0.717, 1.165) is 45.6 Å². The topological polar surface area (TPSA) is 281 Å². The number of carbonyl (C=O) groups excluding carboxylic acids is 2. The lowest BCUT2D eigenvalue weighted by atomic mass is 9.33. The second kappa shape index (κ2) is 17.5. The molecule has 0 aromatic carbocycles. The van der Waals surface area contributed by atoms with Crippen LogP contribution < -0.4 is 0 Å². The number of methoxy groups -OCH3 is 1. The summed E-state index contributed by atoms with van der Waals surface area (Å²) in [5, 5.41) is 99.0. The van der Waals surface area contributed by atoms with Crippen LogP contribution in [-0.2, 0) is 42.7 Å². The van der Waals surface area contributed by atoms with E-state index in [2.05, 4.69) is 54.5 Å². The Morgan fingerprint density at radius 3 is 2.03 bits per heavy atom. The summed E-state index contributed by atoms with van der Waals surface area (Å²) < 4.78 is 41.8. The van der Waals surface area contributed by atoms with Crippen molar-refractivity contribution in [3.05, 3.63) is 11.6 Å². The number of ether oxygens (including phenoxy) is 7. The molecule has 9 rings (SSSR count). The summed E-state index contributed by atoms with van der Waals surface area (Å²) in [7, 11) is 1.11. The van der Waals surface area contributed by atoms with Gasteiger partial charge in [0, 0.05) is 6.42 Å². The fraction of sp³-hybridized carbons (Fsp3) is 0.920. The van der Waals surface area contributed by atoms with Gasteiger partial charge in [0.15, 0.2) is 25.0 Å². The van der Waals surface area contributed by atoms with Crippen LogP contribution in [-0.4, -0.2) is 176 Å². The van der Waals surface area contributed by atoms with Crippen LogP contribution in [0.3, 0.4) is 0 Å². The van der Waals surface area contributed by atoms with E-state index >= 15 is 0 Å². The lowest BCUT2D eigenvalue weighted by molar-refractivity contribution is -0.395. The first-order chi connectivity index (χ1) is 31.7. The molecular formula is C50H78O18. The van der Waals surface area contributed by atoms with E-state index in [0.29, 0.717) is 19.3 Å². The first kappa shape index (κ1) is 51.2. The average molecular weight is 967 g/mol. The SMILES string of the molecule is COC(=O)[C@H]1O[C@@H](O[C@H]2CC[C@]3(C)[C@H]4CC=C5[C@H]6CC(C)(C)C[C@H](O)[C@]67C[C@@H](CC7=O)[C@@]5(C)[C@]4(C)CC[C@H]3C2(C)C)[C@H](O[C@@H]2O[C@H](CO)[C@@H](O)[C@H](O)[C@H]2O[C@@H]2O[C@@H](C)[C@H](O)[C@@H](O)[C@H]2O)[C@@H](O)[C@@H]1O. The molecule has 18 heteroatoms. The van der Waals surface area contributed by atoms with Crippen LogP contribution in [0.1, 0.15) is 113 Å². The monoisotopic (exact) mass is 967 g/mol. The Kier molecular flexibility index (Phi) is 13.1. The fourth-order valence-corrected chi connectivity index (χ4v) is 16.4. The van der Waals surface area contributed by atoms with Crippen molar-refractivity contribution in [3.63, 3.8) is 0 Å². The van der Waals surface area contributed by atoms with Gasteiger partial charge in [-0.2, -0.15) is 0 Å². The number of rotatable bonds is 8. The standard InChI is InChI=1S/C50H78O18/c1-21-31(54)33(56)37(60)42(63-21)67-39-34(57)32(55)25(20-51)64-43(39)68-40-36(59)35(58)38(41(61)62-9)66-44(40)65-30-13-14-47(6)26(46(30,4)5)12-15-48(7)27(47)11-10-23-24-18-45(2,3)19-29(53)50(24)17-22(16-28(50)52)49(23,48)8/h10,21-22,24-27,29-40,42-44,51,53-60H,11-20H2,1-9H3/t21-,22+,24+,25+,26-,27+,29-,30-,31-,32+,33+,34-,35-,36-,37+,38-,39+,40+,42-,43-,44+,47-,48+,49+,50+/m0/s1. The highest BCUT2D eigenvalue weighted by atomic mass is 16.8. The quantitative estimate of drug-likeness (QED) is 0.0932. The highest BCUT2D eigenvalue weighted by Crippen LogP contribution is 2.79. The van der Waals surface area contributed by atoms with Crippen molar-refractivity contribution in [2.45, 2.75) is 218 Å². The third-order valence-electron chi connectivity index (χ3n) is 20.3. The molecule has 1 spiro atoms. The van der Waals surface area contributed by atoms with Gasteiger partial charge >= 0.3 is 5.97 Å². The zero-order chi connectivity index (χ0) is 49.6. The summed E-state index contributed by atoms with van der Waals surface area (Å²) in [5.41, 5.74) is -0.524. The number of carbonyl (C=O) groups is 2. The summed E-state index contributed by atoms with van der Waals surface area (Å²) in [5.74, 6) is -0.225. The molecular weight excluding hydrogens is 889 g/mol. The minimum absolute atomic E-state index is 0.0104. The Hall–Kier alpha value is -1.72. The summed E-state index contributed by atoms with van der Waals surface area (Å²) >= 11 is 0. The van der Waals surface area contributed by atoms with Crippen LogP contribution >= 0.6 is 0 Å². The number of hydrogen-bond acceptors (Lipinski definition) is 18. The van der Waals surface area contributed by atoms with Crippen molar-refractivity contribution >= 4 is 11.8 Å².